The molecule has 0 bridgehead atoms. The molecule has 0 radical (unpaired) electrons. The van der Waals surface area contributed by atoms with Crippen molar-refractivity contribution in [2.75, 3.05) is 0 Å². The van der Waals surface area contributed by atoms with Crippen LogP contribution in [0.5, 0.6) is 0 Å². The van der Waals surface area contributed by atoms with Gasteiger partial charge in [-0.25, -0.2) is 0 Å². The summed E-state index contributed by atoms with van der Waals surface area (Å²) in [7, 11) is 0. The van der Waals surface area contributed by atoms with Gasteiger partial charge in [0.05, 0.1) is 0 Å². The van der Waals surface area contributed by atoms with Gasteiger partial charge in [0.15, 0.2) is 0 Å². The average Bonchev–Trinajstić information content (AvgIpc) is 0.811. The van der Waals surface area contributed by atoms with E-state index in [-0.39, 0.29) is 29.8 Å². The summed E-state index contributed by atoms with van der Waals surface area (Å²) >= 11 is 0. The van der Waals surface area contributed by atoms with Gasteiger partial charge >= 0.3 is 23.7 Å². The molecule has 0 rings (SSSR count). The van der Waals surface area contributed by atoms with Crippen molar-refractivity contribution in [1.82, 2.24) is 0 Å². The van der Waals surface area contributed by atoms with Crippen molar-refractivity contribution in [2.45, 2.75) is 20.0 Å². The Balaban J connectivity index is 0. The zero-order chi connectivity index (χ0) is 3.58. The molecule has 0 aromatic heterocycles. The SMILES string of the molecule is CC(C)O.[TeH2]. The van der Waals surface area contributed by atoms with Gasteiger partial charge in [-0.15, -0.1) is 0 Å². The molecule has 0 saturated heterocycles. The quantitative estimate of drug-likeness (QED) is 0.509. The first-order chi connectivity index (χ1) is 1.73. The summed E-state index contributed by atoms with van der Waals surface area (Å²) in [6.07, 6.45) is -0.167. The number of rotatable bonds is 0. The van der Waals surface area contributed by atoms with Crippen molar-refractivity contribution in [2.24, 2.45) is 0 Å². The number of aliphatic hydroxyl groups is 1. The molecule has 0 amide bonds. The molecule has 0 aliphatic heterocycles. The third-order valence-electron chi connectivity index (χ3n) is 0. The Kier molecular flexibility index (Phi) is 8.76. The van der Waals surface area contributed by atoms with Gasteiger partial charge in [0.2, 0.25) is 0 Å². The molecule has 1 N–H and O–H groups in total. The third-order valence-corrected chi connectivity index (χ3v) is 0. The van der Waals surface area contributed by atoms with E-state index in [0.29, 0.717) is 0 Å². The van der Waals surface area contributed by atoms with E-state index >= 15 is 0 Å². The van der Waals surface area contributed by atoms with Gasteiger partial charge in [0.1, 0.15) is 0 Å². The topological polar surface area (TPSA) is 20.2 Å². The van der Waals surface area contributed by atoms with Crippen LogP contribution in [0.3, 0.4) is 0 Å². The van der Waals surface area contributed by atoms with Crippen LogP contribution in [-0.4, -0.2) is 34.9 Å². The molecular formula is C3H10OTe. The van der Waals surface area contributed by atoms with Crippen LogP contribution in [0.15, 0.2) is 0 Å². The van der Waals surface area contributed by atoms with Gasteiger partial charge in [-0.1, -0.05) is 0 Å². The van der Waals surface area contributed by atoms with Crippen molar-refractivity contribution >= 4 is 23.7 Å². The molecule has 0 fully saturated rings. The molecule has 2 heteroatoms. The van der Waals surface area contributed by atoms with Crippen molar-refractivity contribution in [3.8, 4) is 0 Å². The first kappa shape index (κ1) is 9.23. The van der Waals surface area contributed by atoms with E-state index in [1.165, 1.54) is 0 Å². The second-order valence-electron chi connectivity index (χ2n) is 1.09. The Labute approximate surface area is 49.1 Å². The van der Waals surface area contributed by atoms with E-state index in [4.69, 9.17) is 5.11 Å². The van der Waals surface area contributed by atoms with Crippen LogP contribution in [-0.2, 0) is 0 Å². The van der Waals surface area contributed by atoms with Crippen LogP contribution in [0.4, 0.5) is 0 Å². The zero-order valence-corrected chi connectivity index (χ0v) is 6.38. The molecule has 0 aromatic rings. The fourth-order valence-electron chi connectivity index (χ4n) is 0. The number of hydrogen-bond acceptors (Lipinski definition) is 1. The molecule has 5 heavy (non-hydrogen) atoms. The van der Waals surface area contributed by atoms with Gasteiger partial charge in [-0.05, 0) is 13.8 Å². The molecule has 0 aromatic carbocycles. The van der Waals surface area contributed by atoms with Crippen molar-refractivity contribution in [1.29, 1.82) is 0 Å². The van der Waals surface area contributed by atoms with Crippen LogP contribution in [0.25, 0.3) is 0 Å². The van der Waals surface area contributed by atoms with E-state index in [1.807, 2.05) is 0 Å². The van der Waals surface area contributed by atoms with E-state index in [1.54, 1.807) is 13.8 Å². The van der Waals surface area contributed by atoms with E-state index in [0.717, 1.165) is 0 Å². The second-order valence-corrected chi connectivity index (χ2v) is 1.09. The summed E-state index contributed by atoms with van der Waals surface area (Å²) in [6.45, 7) is 3.44. The van der Waals surface area contributed by atoms with Gasteiger partial charge < -0.3 is 5.11 Å². The normalized spacial score (nSPS) is 7.20. The Morgan fingerprint density at radius 3 is 1.40 bits per heavy atom. The predicted molar refractivity (Wildman–Crippen MR) is 25.9 cm³/mol. The molecule has 0 spiro atoms. The summed E-state index contributed by atoms with van der Waals surface area (Å²) in [6, 6.07) is 0. The first-order valence-corrected chi connectivity index (χ1v) is 1.41. The van der Waals surface area contributed by atoms with E-state index in [9.17, 15) is 0 Å². The minimum atomic E-state index is -0.167. The van der Waals surface area contributed by atoms with E-state index < -0.39 is 0 Å². The predicted octanol–water partition coefficient (Wildman–Crippen LogP) is -0.529. The number of aliphatic hydroxyl groups excluding tert-OH is 1. The summed E-state index contributed by atoms with van der Waals surface area (Å²) in [5.41, 5.74) is 0. The molecule has 34 valence electrons. The molecule has 0 aliphatic rings. The monoisotopic (exact) mass is 192 g/mol. The summed E-state index contributed by atoms with van der Waals surface area (Å²) < 4.78 is 0. The Morgan fingerprint density at radius 1 is 1.40 bits per heavy atom. The fraction of sp³-hybridized carbons (Fsp3) is 1.00. The Bertz CT molecular complexity index is 11.6. The number of hydrogen-bond donors (Lipinski definition) is 1. The van der Waals surface area contributed by atoms with Gasteiger partial charge in [-0.2, -0.15) is 0 Å². The van der Waals surface area contributed by atoms with Crippen LogP contribution in [0, 0.1) is 0 Å². The minimum absolute atomic E-state index is 0. The zero-order valence-electron chi connectivity index (χ0n) is 3.52. The maximum absolute atomic E-state index is 8.06. The molecule has 1 nitrogen and oxygen atoms in total. The molecule has 0 aliphatic carbocycles. The molecular weight excluding hydrogens is 180 g/mol. The van der Waals surface area contributed by atoms with Gasteiger partial charge in [0.25, 0.3) is 0 Å². The van der Waals surface area contributed by atoms with Gasteiger partial charge in [0, 0.05) is 6.10 Å². The molecule has 0 saturated carbocycles. The second kappa shape index (κ2) is 4.75. The van der Waals surface area contributed by atoms with Crippen molar-refractivity contribution in [3.63, 3.8) is 0 Å². The maximum atomic E-state index is 8.06. The first-order valence-electron chi connectivity index (χ1n) is 1.41. The third kappa shape index (κ3) is 63.9. The standard InChI is InChI=1S/C3H8O.H2Te/c1-3(2)4;/h3-4H,1-2H3;1H2. The van der Waals surface area contributed by atoms with Crippen molar-refractivity contribution < 1.29 is 5.11 Å². The average molecular weight is 190 g/mol. The Morgan fingerprint density at radius 2 is 1.40 bits per heavy atom. The molecule has 0 atom stereocenters. The van der Waals surface area contributed by atoms with Gasteiger partial charge in [-0.3, -0.25) is 0 Å². The fourth-order valence-corrected chi connectivity index (χ4v) is 0. The van der Waals surface area contributed by atoms with Crippen LogP contribution in [0.1, 0.15) is 13.8 Å². The van der Waals surface area contributed by atoms with Crippen LogP contribution in [0.2, 0.25) is 0 Å². The Hall–Kier alpha value is 0.750. The molecule has 0 heterocycles. The van der Waals surface area contributed by atoms with Crippen LogP contribution >= 0.6 is 0 Å². The van der Waals surface area contributed by atoms with E-state index in [2.05, 4.69) is 0 Å². The summed E-state index contributed by atoms with van der Waals surface area (Å²) in [5.74, 6) is 0. The molecule has 0 unspecified atom stereocenters. The van der Waals surface area contributed by atoms with Crippen molar-refractivity contribution in [3.05, 3.63) is 0 Å². The summed E-state index contributed by atoms with van der Waals surface area (Å²) in [5, 5.41) is 8.06. The van der Waals surface area contributed by atoms with Crippen LogP contribution < -0.4 is 0 Å². The summed E-state index contributed by atoms with van der Waals surface area (Å²) in [4.78, 5) is 0.